The Morgan fingerprint density at radius 1 is 0.903 bits per heavy atom. The highest BCUT2D eigenvalue weighted by Gasteiger charge is 2.58. The summed E-state index contributed by atoms with van der Waals surface area (Å²) in [4.78, 5) is 27.6. The first-order valence-electron chi connectivity index (χ1n) is 9.47. The van der Waals surface area contributed by atoms with Crippen LogP contribution in [-0.2, 0) is 19.1 Å². The fraction of sp³-hybridized carbons (Fsp3) is 0.227. The number of hydrogen-bond acceptors (Lipinski definition) is 9. The maximum Gasteiger partial charge on any atom is 0.365 e. The first-order chi connectivity index (χ1) is 14.9. The Morgan fingerprint density at radius 2 is 1.58 bits per heavy atom. The summed E-state index contributed by atoms with van der Waals surface area (Å²) in [5.41, 5.74) is 3.41. The second-order valence-corrected chi connectivity index (χ2v) is 9.48. The number of aryl methyl sites for hydroxylation is 1. The topological polar surface area (TPSA) is 71.4 Å². The molecule has 0 aliphatic carbocycles. The maximum atomic E-state index is 12.6. The van der Waals surface area contributed by atoms with Gasteiger partial charge in [0.15, 0.2) is 0 Å². The molecule has 0 radical (unpaired) electrons. The number of carbonyl (C=O) groups excluding carboxylic acids is 2. The van der Waals surface area contributed by atoms with Gasteiger partial charge in [0.05, 0.1) is 19.9 Å². The number of nitrogens with zero attached hydrogens (tertiary/aromatic N) is 3. The molecule has 4 rings (SSSR count). The molecule has 1 atom stereocenters. The third kappa shape index (κ3) is 3.57. The van der Waals surface area contributed by atoms with Crippen LogP contribution in [0.25, 0.3) is 0 Å². The number of anilines is 2. The van der Waals surface area contributed by atoms with Crippen molar-refractivity contribution in [3.05, 3.63) is 70.8 Å². The summed E-state index contributed by atoms with van der Waals surface area (Å²) in [6, 6.07) is 17.5. The molecule has 2 aliphatic heterocycles. The molecule has 0 saturated carbocycles. The summed E-state index contributed by atoms with van der Waals surface area (Å²) in [5.74, 6) is -0.964. The van der Waals surface area contributed by atoms with Gasteiger partial charge in [0, 0.05) is 11.4 Å². The summed E-state index contributed by atoms with van der Waals surface area (Å²) >= 11 is 2.54. The molecule has 2 aliphatic rings. The smallest absolute Gasteiger partial charge is 0.365 e. The van der Waals surface area contributed by atoms with Gasteiger partial charge >= 0.3 is 11.9 Å². The van der Waals surface area contributed by atoms with E-state index in [4.69, 9.17) is 9.47 Å². The number of para-hydroxylation sites is 1. The second-order valence-electron chi connectivity index (χ2n) is 6.88. The van der Waals surface area contributed by atoms with Crippen LogP contribution in [-0.4, -0.2) is 35.5 Å². The van der Waals surface area contributed by atoms with Crippen molar-refractivity contribution in [3.63, 3.8) is 0 Å². The Bertz CT molecular complexity index is 1100. The molecule has 0 bridgehead atoms. The van der Waals surface area contributed by atoms with E-state index in [2.05, 4.69) is 5.10 Å². The molecule has 0 saturated heterocycles. The van der Waals surface area contributed by atoms with Crippen molar-refractivity contribution < 1.29 is 19.1 Å². The minimum Gasteiger partial charge on any atom is -0.465 e. The lowest BCUT2D eigenvalue weighted by Gasteiger charge is -2.41. The minimum absolute atomic E-state index is 0.205. The molecule has 0 N–H and O–H groups in total. The Kier molecular flexibility index (Phi) is 5.72. The number of hydrazone groups is 1. The molecule has 0 fully saturated rings. The molecule has 31 heavy (non-hydrogen) atoms. The van der Waals surface area contributed by atoms with Gasteiger partial charge in [-0.1, -0.05) is 42.1 Å². The third-order valence-corrected chi connectivity index (χ3v) is 7.71. The quantitative estimate of drug-likeness (QED) is 0.632. The molecular formula is C22H21N3O4S2. The fourth-order valence-corrected chi connectivity index (χ4v) is 6.48. The first-order valence-corrected chi connectivity index (χ1v) is 11.1. The molecule has 0 amide bonds. The predicted molar refractivity (Wildman–Crippen MR) is 125 cm³/mol. The second kappa shape index (κ2) is 8.32. The standard InChI is InChI=1S/C22H21N3O4S2/c1-14-9-8-12-17(13-14)25-22(31-19(23-25)21(27)29-4)24(16-10-6-5-7-11-16)15(2)18(30-22)20(26)28-3/h5-13H,1-4H3/t22-/m0/s1. The van der Waals surface area contributed by atoms with Gasteiger partial charge in [-0.05, 0) is 55.4 Å². The molecule has 1 spiro atoms. The monoisotopic (exact) mass is 455 g/mol. The first kappa shape index (κ1) is 21.3. The van der Waals surface area contributed by atoms with Crippen LogP contribution in [0.3, 0.4) is 0 Å². The van der Waals surface area contributed by atoms with Crippen LogP contribution in [0.1, 0.15) is 12.5 Å². The SMILES string of the molecule is COC(=O)C1=NN(c2cccc(C)c2)[C@]2(S1)SC(C(=O)OC)=C(C)N2c1ccccc1. The van der Waals surface area contributed by atoms with Crippen LogP contribution in [0.4, 0.5) is 11.4 Å². The van der Waals surface area contributed by atoms with Gasteiger partial charge < -0.3 is 14.4 Å². The van der Waals surface area contributed by atoms with E-state index in [9.17, 15) is 9.59 Å². The Hall–Kier alpha value is -2.91. The zero-order valence-electron chi connectivity index (χ0n) is 17.5. The van der Waals surface area contributed by atoms with E-state index in [-0.39, 0.29) is 5.04 Å². The van der Waals surface area contributed by atoms with Crippen molar-refractivity contribution in [1.82, 2.24) is 0 Å². The summed E-state index contributed by atoms with van der Waals surface area (Å²) in [7, 11) is 2.69. The molecule has 0 unspecified atom stereocenters. The fourth-order valence-electron chi connectivity index (χ4n) is 3.48. The van der Waals surface area contributed by atoms with Crippen molar-refractivity contribution in [2.45, 2.75) is 18.2 Å². The van der Waals surface area contributed by atoms with Crippen LogP contribution >= 0.6 is 23.5 Å². The van der Waals surface area contributed by atoms with Gasteiger partial charge in [0.1, 0.15) is 4.91 Å². The molecular weight excluding hydrogens is 434 g/mol. The van der Waals surface area contributed by atoms with Gasteiger partial charge in [0.25, 0.3) is 0 Å². The largest absolute Gasteiger partial charge is 0.465 e. The van der Waals surface area contributed by atoms with Crippen molar-refractivity contribution in [1.29, 1.82) is 0 Å². The molecule has 9 heteroatoms. The average molecular weight is 456 g/mol. The summed E-state index contributed by atoms with van der Waals surface area (Å²) in [6.45, 7) is 3.86. The van der Waals surface area contributed by atoms with E-state index in [1.54, 1.807) is 5.01 Å². The lowest BCUT2D eigenvalue weighted by molar-refractivity contribution is -0.135. The summed E-state index contributed by atoms with van der Waals surface area (Å²) in [5, 5.41) is 6.61. The van der Waals surface area contributed by atoms with Crippen LogP contribution in [0.5, 0.6) is 0 Å². The van der Waals surface area contributed by atoms with Crippen molar-refractivity contribution >= 4 is 51.9 Å². The Morgan fingerprint density at radius 3 is 2.23 bits per heavy atom. The van der Waals surface area contributed by atoms with E-state index in [1.807, 2.05) is 73.3 Å². The predicted octanol–water partition coefficient (Wildman–Crippen LogP) is 4.30. The minimum atomic E-state index is -0.980. The number of rotatable bonds is 4. The molecule has 2 aromatic carbocycles. The number of ether oxygens (including phenoxy) is 2. The number of allylic oxidation sites excluding steroid dienone is 1. The molecule has 0 aromatic heterocycles. The number of thioether (sulfide) groups is 2. The zero-order chi connectivity index (χ0) is 22.2. The van der Waals surface area contributed by atoms with Gasteiger partial charge in [-0.25, -0.2) is 14.6 Å². The Balaban J connectivity index is 1.92. The highest BCUT2D eigenvalue weighted by atomic mass is 32.2. The number of hydrogen-bond donors (Lipinski definition) is 0. The Labute approximate surface area is 189 Å². The summed E-state index contributed by atoms with van der Waals surface area (Å²) < 4.78 is 9.02. The maximum absolute atomic E-state index is 12.6. The van der Waals surface area contributed by atoms with E-state index in [0.29, 0.717) is 4.91 Å². The average Bonchev–Trinajstić information content (AvgIpc) is 3.31. The van der Waals surface area contributed by atoms with E-state index in [1.165, 1.54) is 37.7 Å². The van der Waals surface area contributed by atoms with Gasteiger partial charge in [-0.3, -0.25) is 0 Å². The van der Waals surface area contributed by atoms with Crippen LogP contribution in [0.15, 0.2) is 70.3 Å². The van der Waals surface area contributed by atoms with Crippen molar-refractivity contribution in [3.8, 4) is 0 Å². The third-order valence-electron chi connectivity index (χ3n) is 4.86. The highest BCUT2D eigenvalue weighted by Crippen LogP contribution is 2.60. The van der Waals surface area contributed by atoms with Gasteiger partial charge in [-0.2, -0.15) is 5.10 Å². The molecule has 160 valence electrons. The van der Waals surface area contributed by atoms with Crippen LogP contribution < -0.4 is 9.91 Å². The van der Waals surface area contributed by atoms with Gasteiger partial charge in [-0.15, -0.1) is 0 Å². The number of carbonyl (C=O) groups is 2. The van der Waals surface area contributed by atoms with Crippen molar-refractivity contribution in [2.75, 3.05) is 24.1 Å². The van der Waals surface area contributed by atoms with Gasteiger partial charge in [0.2, 0.25) is 9.37 Å². The molecule has 7 nitrogen and oxygen atoms in total. The highest BCUT2D eigenvalue weighted by molar-refractivity contribution is 8.29. The normalized spacial score (nSPS) is 20.3. The van der Waals surface area contributed by atoms with Crippen LogP contribution in [0.2, 0.25) is 0 Å². The van der Waals surface area contributed by atoms with E-state index in [0.717, 1.165) is 22.6 Å². The lowest BCUT2D eigenvalue weighted by Crippen LogP contribution is -2.49. The van der Waals surface area contributed by atoms with Crippen molar-refractivity contribution in [2.24, 2.45) is 5.10 Å². The number of benzene rings is 2. The van der Waals surface area contributed by atoms with Crippen LogP contribution in [0, 0.1) is 6.92 Å². The lowest BCUT2D eigenvalue weighted by atomic mass is 10.2. The van der Waals surface area contributed by atoms with E-state index < -0.39 is 16.3 Å². The number of esters is 2. The molecule has 2 aromatic rings. The zero-order valence-corrected chi connectivity index (χ0v) is 19.1. The summed E-state index contributed by atoms with van der Waals surface area (Å²) in [6.07, 6.45) is 0. The number of methoxy groups -OCH3 is 2. The molecule has 2 heterocycles. The van der Waals surface area contributed by atoms with E-state index >= 15 is 0 Å².